The summed E-state index contributed by atoms with van der Waals surface area (Å²) >= 11 is 1.37. The van der Waals surface area contributed by atoms with Gasteiger partial charge in [-0.3, -0.25) is 14.9 Å². The van der Waals surface area contributed by atoms with Crippen molar-refractivity contribution >= 4 is 22.4 Å². The second-order valence-electron chi connectivity index (χ2n) is 6.76. The van der Waals surface area contributed by atoms with Gasteiger partial charge in [-0.1, -0.05) is 45.0 Å². The van der Waals surface area contributed by atoms with Crippen LogP contribution in [0.15, 0.2) is 52.8 Å². The summed E-state index contributed by atoms with van der Waals surface area (Å²) in [5, 5.41) is 5.18. The second kappa shape index (κ2) is 6.64. The van der Waals surface area contributed by atoms with Crippen LogP contribution in [0.4, 0.5) is 5.13 Å². The molecule has 2 aromatic heterocycles. The average Bonchev–Trinajstić information content (AvgIpc) is 3.03. The van der Waals surface area contributed by atoms with E-state index in [2.05, 4.69) is 48.2 Å². The van der Waals surface area contributed by atoms with E-state index < -0.39 is 0 Å². The van der Waals surface area contributed by atoms with E-state index in [1.807, 2.05) is 17.5 Å². The third-order valence-electron chi connectivity index (χ3n) is 3.82. The minimum atomic E-state index is -0.305. The highest BCUT2D eigenvalue weighted by molar-refractivity contribution is 7.14. The number of aromatic amines is 1. The van der Waals surface area contributed by atoms with Crippen molar-refractivity contribution in [2.75, 3.05) is 5.32 Å². The van der Waals surface area contributed by atoms with Gasteiger partial charge in [-0.05, 0) is 17.0 Å². The molecule has 0 atom stereocenters. The standard InChI is InChI=1S/C19H19N3O2S/c1-19(2,3)14-7-4-12(5-8-14)15-11-25-18(21-15)22-17(24)13-6-9-16(23)20-10-13/h4-11H,1-3H3,(H,20,23)(H,21,22,24). The lowest BCUT2D eigenvalue weighted by Crippen LogP contribution is -2.14. The van der Waals surface area contributed by atoms with Crippen LogP contribution in [-0.2, 0) is 5.41 Å². The van der Waals surface area contributed by atoms with E-state index in [1.54, 1.807) is 0 Å². The minimum Gasteiger partial charge on any atom is -0.328 e. The van der Waals surface area contributed by atoms with Gasteiger partial charge in [-0.15, -0.1) is 11.3 Å². The normalized spacial score (nSPS) is 11.3. The van der Waals surface area contributed by atoms with Crippen molar-refractivity contribution in [3.8, 4) is 11.3 Å². The fourth-order valence-corrected chi connectivity index (χ4v) is 3.04. The van der Waals surface area contributed by atoms with Gasteiger partial charge in [0.2, 0.25) is 5.56 Å². The Hall–Kier alpha value is -2.73. The van der Waals surface area contributed by atoms with E-state index in [1.165, 1.54) is 35.2 Å². The number of anilines is 1. The maximum Gasteiger partial charge on any atom is 0.258 e. The lowest BCUT2D eigenvalue weighted by atomic mass is 9.86. The number of thiazole rings is 1. The smallest absolute Gasteiger partial charge is 0.258 e. The molecule has 1 amide bonds. The Balaban J connectivity index is 1.75. The van der Waals surface area contributed by atoms with Gasteiger partial charge in [0.05, 0.1) is 11.3 Å². The second-order valence-corrected chi connectivity index (χ2v) is 7.62. The van der Waals surface area contributed by atoms with Gasteiger partial charge in [0, 0.05) is 23.2 Å². The number of benzene rings is 1. The molecular formula is C19H19N3O2S. The molecule has 6 heteroatoms. The monoisotopic (exact) mass is 353 g/mol. The SMILES string of the molecule is CC(C)(C)c1ccc(-c2csc(NC(=O)c3ccc(=O)[nH]c3)n2)cc1. The number of rotatable bonds is 3. The Labute approximate surface area is 149 Å². The van der Waals surface area contributed by atoms with E-state index in [0.29, 0.717) is 10.7 Å². The lowest BCUT2D eigenvalue weighted by Gasteiger charge is -2.18. The van der Waals surface area contributed by atoms with Gasteiger partial charge >= 0.3 is 0 Å². The van der Waals surface area contributed by atoms with Crippen molar-refractivity contribution in [2.45, 2.75) is 26.2 Å². The molecule has 3 rings (SSSR count). The van der Waals surface area contributed by atoms with Crippen LogP contribution < -0.4 is 10.9 Å². The summed E-state index contributed by atoms with van der Waals surface area (Å²) in [5.74, 6) is -0.305. The van der Waals surface area contributed by atoms with E-state index in [9.17, 15) is 9.59 Å². The number of hydrogen-bond donors (Lipinski definition) is 2. The van der Waals surface area contributed by atoms with Crippen molar-refractivity contribution in [2.24, 2.45) is 0 Å². The minimum absolute atomic E-state index is 0.108. The quantitative estimate of drug-likeness (QED) is 0.746. The molecule has 0 aliphatic carbocycles. The van der Waals surface area contributed by atoms with Gasteiger partial charge in [-0.25, -0.2) is 4.98 Å². The predicted molar refractivity (Wildman–Crippen MR) is 101 cm³/mol. The molecule has 0 radical (unpaired) electrons. The van der Waals surface area contributed by atoms with Crippen LogP contribution in [0.1, 0.15) is 36.7 Å². The maximum absolute atomic E-state index is 12.2. The molecule has 0 aliphatic rings. The van der Waals surface area contributed by atoms with Crippen molar-refractivity contribution < 1.29 is 4.79 Å². The molecule has 0 spiro atoms. The van der Waals surface area contributed by atoms with Crippen LogP contribution in [0, 0.1) is 0 Å². The molecule has 0 bridgehead atoms. The molecular weight excluding hydrogens is 334 g/mol. The van der Waals surface area contributed by atoms with Crippen LogP contribution in [0.3, 0.4) is 0 Å². The molecule has 2 heterocycles. The van der Waals surface area contributed by atoms with Crippen LogP contribution in [0.25, 0.3) is 11.3 Å². The van der Waals surface area contributed by atoms with Crippen molar-refractivity contribution in [3.63, 3.8) is 0 Å². The fourth-order valence-electron chi connectivity index (χ4n) is 2.33. The fraction of sp³-hybridized carbons (Fsp3) is 0.211. The Bertz CT molecular complexity index is 929. The van der Waals surface area contributed by atoms with Crippen LogP contribution in [0.5, 0.6) is 0 Å². The van der Waals surface area contributed by atoms with Crippen molar-refractivity contribution in [1.29, 1.82) is 0 Å². The third-order valence-corrected chi connectivity index (χ3v) is 4.58. The molecule has 1 aromatic carbocycles. The number of nitrogens with zero attached hydrogens (tertiary/aromatic N) is 1. The first kappa shape index (κ1) is 17.1. The molecule has 0 aliphatic heterocycles. The molecule has 5 nitrogen and oxygen atoms in total. The summed E-state index contributed by atoms with van der Waals surface area (Å²) in [7, 11) is 0. The Kier molecular flexibility index (Phi) is 4.55. The summed E-state index contributed by atoms with van der Waals surface area (Å²) in [6.45, 7) is 6.53. The highest BCUT2D eigenvalue weighted by atomic mass is 32.1. The van der Waals surface area contributed by atoms with E-state index in [0.717, 1.165) is 11.3 Å². The highest BCUT2D eigenvalue weighted by Crippen LogP contribution is 2.28. The van der Waals surface area contributed by atoms with Gasteiger partial charge in [0.15, 0.2) is 5.13 Å². The predicted octanol–water partition coefficient (Wildman–Crippen LogP) is 4.05. The summed E-state index contributed by atoms with van der Waals surface area (Å²) in [4.78, 5) is 30.2. The molecule has 0 saturated carbocycles. The van der Waals surface area contributed by atoms with Gasteiger partial charge in [0.1, 0.15) is 0 Å². The Morgan fingerprint density at radius 1 is 1.12 bits per heavy atom. The lowest BCUT2D eigenvalue weighted by molar-refractivity contribution is 0.102. The number of H-pyrrole nitrogens is 1. The molecule has 25 heavy (non-hydrogen) atoms. The zero-order valence-corrected chi connectivity index (χ0v) is 15.1. The van der Waals surface area contributed by atoms with Crippen LogP contribution in [-0.4, -0.2) is 15.9 Å². The first-order valence-electron chi connectivity index (χ1n) is 7.89. The first-order chi connectivity index (χ1) is 11.8. The number of carbonyl (C=O) groups is 1. The summed E-state index contributed by atoms with van der Waals surface area (Å²) < 4.78 is 0. The van der Waals surface area contributed by atoms with E-state index in [4.69, 9.17) is 0 Å². The summed E-state index contributed by atoms with van der Waals surface area (Å²) in [6.07, 6.45) is 1.39. The van der Waals surface area contributed by atoms with Gasteiger partial charge < -0.3 is 4.98 Å². The highest BCUT2D eigenvalue weighted by Gasteiger charge is 2.14. The number of pyridine rings is 1. The zero-order chi connectivity index (χ0) is 18.0. The molecule has 0 saturated heterocycles. The average molecular weight is 353 g/mol. The summed E-state index contributed by atoms with van der Waals surface area (Å²) in [6, 6.07) is 11.1. The Morgan fingerprint density at radius 3 is 2.44 bits per heavy atom. The number of amides is 1. The molecule has 0 fully saturated rings. The first-order valence-corrected chi connectivity index (χ1v) is 8.77. The van der Waals surface area contributed by atoms with Crippen LogP contribution in [0.2, 0.25) is 0 Å². The maximum atomic E-state index is 12.2. The van der Waals surface area contributed by atoms with Crippen molar-refractivity contribution in [3.05, 3.63) is 69.5 Å². The van der Waals surface area contributed by atoms with Crippen molar-refractivity contribution in [1.82, 2.24) is 9.97 Å². The molecule has 3 aromatic rings. The van der Waals surface area contributed by atoms with E-state index in [-0.39, 0.29) is 16.9 Å². The van der Waals surface area contributed by atoms with Crippen LogP contribution >= 0.6 is 11.3 Å². The number of nitrogens with one attached hydrogen (secondary N) is 2. The van der Waals surface area contributed by atoms with Gasteiger partial charge in [-0.2, -0.15) is 0 Å². The van der Waals surface area contributed by atoms with Gasteiger partial charge in [0.25, 0.3) is 5.91 Å². The molecule has 2 N–H and O–H groups in total. The number of carbonyl (C=O) groups excluding carboxylic acids is 1. The van der Waals surface area contributed by atoms with E-state index >= 15 is 0 Å². The molecule has 128 valence electrons. The summed E-state index contributed by atoms with van der Waals surface area (Å²) in [5.41, 5.74) is 3.34. The topological polar surface area (TPSA) is 74.8 Å². The third kappa shape index (κ3) is 4.03. The molecule has 0 unspecified atom stereocenters. The number of hydrogen-bond acceptors (Lipinski definition) is 4. The zero-order valence-electron chi connectivity index (χ0n) is 14.3. The Morgan fingerprint density at radius 2 is 1.84 bits per heavy atom. The largest absolute Gasteiger partial charge is 0.328 e. The number of aromatic nitrogens is 2.